The first-order chi connectivity index (χ1) is 27.6. The minimum absolute atomic E-state index is 0.952. The van der Waals surface area contributed by atoms with E-state index in [2.05, 4.69) is 60.3 Å². The molecule has 0 N–H and O–H groups in total. The largest absolute Gasteiger partial charge is 0.207 e. The van der Waals surface area contributed by atoms with Crippen LogP contribution < -0.4 is 26.4 Å². The van der Waals surface area contributed by atoms with E-state index >= 15 is 35.1 Å². The van der Waals surface area contributed by atoms with Crippen LogP contribution in [0.5, 0.6) is 0 Å². The summed E-state index contributed by atoms with van der Waals surface area (Å²) in [7, 11) is 0. The molecule has 1 nitrogen and oxygen atoms in total. The van der Waals surface area contributed by atoms with Crippen molar-refractivity contribution in [1.29, 1.82) is 0 Å². The smallest absolute Gasteiger partial charge is 0.200 e. The van der Waals surface area contributed by atoms with E-state index in [9.17, 15) is 52.7 Å². The second kappa shape index (κ2) is 16.3. The molecule has 59 heavy (non-hydrogen) atoms. The van der Waals surface area contributed by atoms with Gasteiger partial charge in [0.15, 0.2) is 88.7 Å². The van der Waals surface area contributed by atoms with Gasteiger partial charge < -0.3 is 0 Å². The van der Waals surface area contributed by atoms with Gasteiger partial charge in [-0.15, -0.1) is 21.9 Å². The zero-order valence-electron chi connectivity index (χ0n) is 28.5. The molecule has 0 fully saturated rings. The van der Waals surface area contributed by atoms with Crippen molar-refractivity contribution in [1.82, 2.24) is 0 Å². The van der Waals surface area contributed by atoms with E-state index in [1.54, 1.807) is 0 Å². The van der Waals surface area contributed by atoms with Crippen molar-refractivity contribution in [2.75, 3.05) is 0 Å². The lowest BCUT2D eigenvalue weighted by molar-refractivity contribution is -0.688. The van der Waals surface area contributed by atoms with Crippen LogP contribution in [0.3, 0.4) is 0 Å². The van der Waals surface area contributed by atoms with Crippen LogP contribution in [0.4, 0.5) is 87.8 Å². The van der Waals surface area contributed by atoms with Crippen molar-refractivity contribution in [3.8, 4) is 0 Å². The van der Waals surface area contributed by atoms with E-state index < -0.39 is 144 Å². The maximum Gasteiger partial charge on any atom is 0.200 e. The van der Waals surface area contributed by atoms with Gasteiger partial charge in [-0.3, -0.25) is 0 Å². The molecule has 0 amide bonds. The lowest BCUT2D eigenvalue weighted by atomic mass is 9.12. The predicted octanol–water partition coefficient (Wildman–Crippen LogP) is 8.18. The lowest BCUT2D eigenvalue weighted by Crippen LogP contribution is -2.81. The molecule has 6 aromatic rings. The monoisotopic (exact) mass is 863 g/mol. The summed E-state index contributed by atoms with van der Waals surface area (Å²) in [5, 5.41) is 0. The third-order valence-electron chi connectivity index (χ3n) is 9.10. The lowest BCUT2D eigenvalue weighted by Gasteiger charge is -2.44. The molecule has 0 aliphatic rings. The quantitative estimate of drug-likeness (QED) is 0.0524. The van der Waals surface area contributed by atoms with E-state index in [1.165, 1.54) is 11.1 Å². The molecule has 0 bridgehead atoms. The van der Waals surface area contributed by atoms with Crippen molar-refractivity contribution in [3.05, 3.63) is 182 Å². The molecule has 1 aromatic heterocycles. The minimum atomic E-state index is -7.22. The van der Waals surface area contributed by atoms with E-state index in [0.29, 0.717) is 0 Å². The fourth-order valence-electron chi connectivity index (χ4n) is 6.40. The first-order valence-corrected chi connectivity index (χ1v) is 15.8. The molecule has 0 aliphatic carbocycles. The second-order valence-corrected chi connectivity index (χ2v) is 12.3. The molecule has 0 spiro atoms. The molecular formula is C37H14BF20N. The fraction of sp³-hybridized carbons (Fsp3) is 0.0541. The fourth-order valence-corrected chi connectivity index (χ4v) is 6.40. The van der Waals surface area contributed by atoms with E-state index in [1.807, 2.05) is 6.07 Å². The maximum atomic E-state index is 15.4. The highest BCUT2D eigenvalue weighted by Gasteiger charge is 2.52. The predicted molar refractivity (Wildman–Crippen MR) is 166 cm³/mol. The third-order valence-corrected chi connectivity index (χ3v) is 9.10. The first-order valence-electron chi connectivity index (χ1n) is 15.8. The number of nitrogens with zero attached hydrogens (tertiary/aromatic N) is 1. The average molecular weight is 863 g/mol. The summed E-state index contributed by atoms with van der Waals surface area (Å²) in [5.74, 6) is -71.4. The molecule has 0 saturated carbocycles. The number of aryl methyl sites for hydroxylation is 1. The van der Waals surface area contributed by atoms with Gasteiger partial charge in [0, 0.05) is 17.7 Å². The van der Waals surface area contributed by atoms with Crippen molar-refractivity contribution in [2.24, 2.45) is 0 Å². The maximum absolute atomic E-state index is 15.4. The van der Waals surface area contributed by atoms with Crippen LogP contribution in [0.1, 0.15) is 11.1 Å². The second-order valence-electron chi connectivity index (χ2n) is 12.3. The van der Waals surface area contributed by atoms with Gasteiger partial charge >= 0.3 is 0 Å². The Morgan fingerprint density at radius 1 is 0.322 bits per heavy atom. The van der Waals surface area contributed by atoms with Gasteiger partial charge in [0.2, 0.25) is 0 Å². The summed E-state index contributed by atoms with van der Waals surface area (Å²) in [6, 6.07) is 14.6. The van der Waals surface area contributed by atoms with Gasteiger partial charge in [-0.05, 0) is 12.5 Å². The summed E-state index contributed by atoms with van der Waals surface area (Å²) in [4.78, 5) is 0. The molecule has 6 rings (SSSR count). The van der Waals surface area contributed by atoms with Gasteiger partial charge in [-0.25, -0.2) is 92.4 Å². The van der Waals surface area contributed by atoms with Crippen molar-refractivity contribution < 1.29 is 92.4 Å². The Labute approximate surface area is 316 Å². The summed E-state index contributed by atoms with van der Waals surface area (Å²) >= 11 is 0. The van der Waals surface area contributed by atoms with Crippen LogP contribution in [0.15, 0.2) is 54.9 Å². The first kappa shape index (κ1) is 44.0. The van der Waals surface area contributed by atoms with E-state index in [-0.39, 0.29) is 0 Å². The molecule has 5 aromatic carbocycles. The average Bonchev–Trinajstić information content (AvgIpc) is 3.22. The van der Waals surface area contributed by atoms with Gasteiger partial charge in [0.1, 0.15) is 52.7 Å². The Bertz CT molecular complexity index is 2270. The van der Waals surface area contributed by atoms with Crippen LogP contribution >= 0.6 is 0 Å². The van der Waals surface area contributed by atoms with Crippen LogP contribution in [0.25, 0.3) is 0 Å². The van der Waals surface area contributed by atoms with Gasteiger partial charge in [-0.2, -0.15) is 0 Å². The topological polar surface area (TPSA) is 3.88 Å². The molecule has 22 heteroatoms. The Morgan fingerprint density at radius 2 is 0.559 bits per heavy atom. The van der Waals surface area contributed by atoms with Gasteiger partial charge in [0.05, 0.1) is 0 Å². The number of benzene rings is 5. The molecule has 0 saturated heterocycles. The number of halogens is 20. The molecule has 1 heterocycles. The molecule has 0 atom stereocenters. The molecule has 0 radical (unpaired) electrons. The normalized spacial score (nSPS) is 11.5. The standard InChI is InChI=1S/C24BF20.C13H14N/c26-5-1(6(27)14(35)21(42)13(5)34)25(2-7(28)15(36)22(43)16(37)8(2)29,3-9(30)17(38)23(44)18(39)10(3)31)4-11(32)19(40)24(45)20(41)12(4)33;1-12-7-3-4-8-13(12)11-14-9-5-2-6-10-14/h;2-10H,11H2,1H3/q-1;+1. The van der Waals surface area contributed by atoms with E-state index in [0.717, 1.165) is 6.54 Å². The van der Waals surface area contributed by atoms with Crippen molar-refractivity contribution in [3.63, 3.8) is 0 Å². The Hall–Kier alpha value is -6.09. The Morgan fingerprint density at radius 3 is 0.814 bits per heavy atom. The molecule has 0 aliphatic heterocycles. The summed E-state index contributed by atoms with van der Waals surface area (Å²) in [6.07, 6.45) is -3.04. The number of rotatable bonds is 6. The van der Waals surface area contributed by atoms with Crippen LogP contribution in [0.2, 0.25) is 0 Å². The van der Waals surface area contributed by atoms with Crippen LogP contribution in [-0.4, -0.2) is 6.15 Å². The van der Waals surface area contributed by atoms with Gasteiger partial charge in [0.25, 0.3) is 0 Å². The minimum Gasteiger partial charge on any atom is -0.207 e. The van der Waals surface area contributed by atoms with Crippen LogP contribution in [-0.2, 0) is 6.54 Å². The van der Waals surface area contributed by atoms with Gasteiger partial charge in [-0.1, -0.05) is 30.3 Å². The van der Waals surface area contributed by atoms with Crippen molar-refractivity contribution in [2.45, 2.75) is 13.5 Å². The Kier molecular flexibility index (Phi) is 12.1. The highest BCUT2D eigenvalue weighted by Crippen LogP contribution is 2.30. The molecule has 0 unspecified atom stereocenters. The Balaban J connectivity index is 0.000000395. The summed E-state index contributed by atoms with van der Waals surface area (Å²) < 4.78 is 296. The number of hydrogen-bond donors (Lipinski definition) is 0. The number of hydrogen-bond acceptors (Lipinski definition) is 0. The summed E-state index contributed by atoms with van der Waals surface area (Å²) in [6.45, 7) is 3.10. The highest BCUT2D eigenvalue weighted by molar-refractivity contribution is 7.20. The highest BCUT2D eigenvalue weighted by atomic mass is 19.2. The third kappa shape index (κ3) is 6.90. The number of pyridine rings is 1. The van der Waals surface area contributed by atoms with E-state index in [4.69, 9.17) is 0 Å². The molecular weight excluding hydrogens is 849 g/mol. The zero-order valence-corrected chi connectivity index (χ0v) is 28.5. The SMILES string of the molecule is Cc1ccccc1C[n+]1ccccc1.Fc1c(F)c(F)c([B-](c2c(F)c(F)c(F)c(F)c2F)(c2c(F)c(F)c(F)c(F)c2F)c2c(F)c(F)c(F)c(F)c2F)c(F)c1F. The van der Waals surface area contributed by atoms with Crippen molar-refractivity contribution >= 4 is 28.0 Å². The summed E-state index contributed by atoms with van der Waals surface area (Å²) in [5.41, 5.74) is -11.6. The zero-order chi connectivity index (χ0) is 44.2. The van der Waals surface area contributed by atoms with Crippen LogP contribution in [0, 0.1) is 123 Å². The number of aromatic nitrogens is 1. The molecule has 310 valence electrons.